The molecule has 0 bridgehead atoms. The lowest BCUT2D eigenvalue weighted by Crippen LogP contribution is -2.27. The summed E-state index contributed by atoms with van der Waals surface area (Å²) in [6.07, 6.45) is 0. The van der Waals surface area contributed by atoms with Crippen molar-refractivity contribution < 1.29 is 9.52 Å². The van der Waals surface area contributed by atoms with Gasteiger partial charge < -0.3 is 9.52 Å². The number of fused-ring (bicyclic) bond motifs is 6. The quantitative estimate of drug-likeness (QED) is 0.312. The summed E-state index contributed by atoms with van der Waals surface area (Å²) in [4.78, 5) is 0. The molecule has 0 radical (unpaired) electrons. The summed E-state index contributed by atoms with van der Waals surface area (Å²) in [5, 5.41) is 14.7. The molecule has 0 aliphatic heterocycles. The Morgan fingerprint density at radius 2 is 1.12 bits per heavy atom. The molecule has 1 heterocycles. The second-order valence-corrected chi connectivity index (χ2v) is 8.66. The third-order valence-electron chi connectivity index (χ3n) is 6.92. The fourth-order valence-corrected chi connectivity index (χ4v) is 5.43. The summed E-state index contributed by atoms with van der Waals surface area (Å²) in [7, 11) is 0. The first kappa shape index (κ1) is 18.4. The van der Waals surface area contributed by atoms with Gasteiger partial charge in [-0.05, 0) is 40.5 Å². The van der Waals surface area contributed by atoms with Gasteiger partial charge in [0.15, 0.2) is 0 Å². The molecule has 0 fully saturated rings. The Morgan fingerprint density at radius 1 is 0.485 bits per heavy atom. The molecular formula is C31H20O2. The summed E-state index contributed by atoms with van der Waals surface area (Å²) < 4.78 is 6.18. The highest BCUT2D eigenvalue weighted by atomic mass is 16.3. The van der Waals surface area contributed by atoms with E-state index in [0.717, 1.165) is 60.9 Å². The van der Waals surface area contributed by atoms with Crippen molar-refractivity contribution in [3.8, 4) is 22.3 Å². The molecule has 2 heteroatoms. The van der Waals surface area contributed by atoms with Crippen LogP contribution in [0.5, 0.6) is 0 Å². The topological polar surface area (TPSA) is 33.4 Å². The molecule has 1 aliphatic rings. The monoisotopic (exact) mass is 424 g/mol. The minimum atomic E-state index is -1.27. The van der Waals surface area contributed by atoms with Crippen LogP contribution in [0.1, 0.15) is 16.7 Å². The van der Waals surface area contributed by atoms with Crippen LogP contribution in [-0.4, -0.2) is 5.11 Å². The first-order valence-electron chi connectivity index (χ1n) is 11.2. The molecule has 1 aromatic heterocycles. The number of hydrogen-bond acceptors (Lipinski definition) is 2. The average Bonchev–Trinajstić information content (AvgIpc) is 3.37. The van der Waals surface area contributed by atoms with Crippen molar-refractivity contribution in [2.75, 3.05) is 0 Å². The van der Waals surface area contributed by atoms with Crippen LogP contribution in [0.3, 0.4) is 0 Å². The van der Waals surface area contributed by atoms with Gasteiger partial charge in [-0.2, -0.15) is 0 Å². The zero-order valence-corrected chi connectivity index (χ0v) is 17.8. The molecule has 5 aromatic carbocycles. The van der Waals surface area contributed by atoms with Crippen molar-refractivity contribution in [2.45, 2.75) is 5.60 Å². The van der Waals surface area contributed by atoms with Gasteiger partial charge >= 0.3 is 0 Å². The van der Waals surface area contributed by atoms with E-state index in [1.165, 1.54) is 0 Å². The van der Waals surface area contributed by atoms with Gasteiger partial charge in [0.05, 0.1) is 0 Å². The highest BCUT2D eigenvalue weighted by Gasteiger charge is 2.44. The highest BCUT2D eigenvalue weighted by Crippen LogP contribution is 2.54. The Kier molecular flexibility index (Phi) is 3.73. The van der Waals surface area contributed by atoms with Crippen molar-refractivity contribution in [1.82, 2.24) is 0 Å². The third kappa shape index (κ3) is 2.47. The molecule has 2 nitrogen and oxygen atoms in total. The lowest BCUT2D eigenvalue weighted by atomic mass is 9.80. The summed E-state index contributed by atoms with van der Waals surface area (Å²) in [5.41, 5.74) is 7.28. The highest BCUT2D eigenvalue weighted by molar-refractivity contribution is 6.07. The van der Waals surface area contributed by atoms with Gasteiger partial charge in [-0.15, -0.1) is 0 Å². The zero-order valence-electron chi connectivity index (χ0n) is 17.8. The smallest absolute Gasteiger partial charge is 0.142 e. The van der Waals surface area contributed by atoms with Gasteiger partial charge in [0.25, 0.3) is 0 Å². The predicted octanol–water partition coefficient (Wildman–Crippen LogP) is 7.52. The van der Waals surface area contributed by atoms with Gasteiger partial charge in [0.1, 0.15) is 16.8 Å². The fourth-order valence-electron chi connectivity index (χ4n) is 5.43. The van der Waals surface area contributed by atoms with Crippen molar-refractivity contribution >= 4 is 21.9 Å². The lowest BCUT2D eigenvalue weighted by Gasteiger charge is -2.29. The number of hydrogen-bond donors (Lipinski definition) is 1. The summed E-state index contributed by atoms with van der Waals surface area (Å²) in [6, 6.07) is 38.9. The normalized spacial score (nSPS) is 16.8. The van der Waals surface area contributed by atoms with Crippen LogP contribution < -0.4 is 0 Å². The minimum Gasteiger partial charge on any atom is -0.456 e. The molecule has 1 N–H and O–H groups in total. The summed E-state index contributed by atoms with van der Waals surface area (Å²) in [6.45, 7) is 0. The van der Waals surface area contributed by atoms with Crippen LogP contribution in [0.2, 0.25) is 0 Å². The van der Waals surface area contributed by atoms with Crippen LogP contribution in [0.4, 0.5) is 0 Å². The molecule has 0 amide bonds. The number of benzene rings is 5. The van der Waals surface area contributed by atoms with E-state index in [1.54, 1.807) is 0 Å². The molecule has 6 aromatic rings. The van der Waals surface area contributed by atoms with Crippen molar-refractivity contribution in [3.63, 3.8) is 0 Å². The van der Waals surface area contributed by atoms with Crippen LogP contribution >= 0.6 is 0 Å². The van der Waals surface area contributed by atoms with E-state index in [0.29, 0.717) is 0 Å². The number of furan rings is 1. The molecular weight excluding hydrogens is 404 g/mol. The van der Waals surface area contributed by atoms with E-state index in [9.17, 15) is 5.11 Å². The standard InChI is InChI=1S/C31H20O2/c32-31(26-15-7-4-12-21(26)20-10-2-1-3-11-20)27-16-8-5-13-22(27)24-19-30-25(18-28(24)31)23-14-6-9-17-29(23)33-30/h1-19,32H. The Hall–Kier alpha value is -4.14. The second-order valence-electron chi connectivity index (χ2n) is 8.66. The largest absolute Gasteiger partial charge is 0.456 e. The molecule has 1 atom stereocenters. The Labute approximate surface area is 191 Å². The molecule has 1 unspecified atom stereocenters. The van der Waals surface area contributed by atoms with E-state index >= 15 is 0 Å². The van der Waals surface area contributed by atoms with E-state index in [2.05, 4.69) is 42.5 Å². The predicted molar refractivity (Wildman–Crippen MR) is 133 cm³/mol. The molecule has 156 valence electrons. The Morgan fingerprint density at radius 3 is 1.94 bits per heavy atom. The lowest BCUT2D eigenvalue weighted by molar-refractivity contribution is 0.131. The van der Waals surface area contributed by atoms with Gasteiger partial charge in [0, 0.05) is 27.5 Å². The van der Waals surface area contributed by atoms with Gasteiger partial charge in [-0.1, -0.05) is 97.1 Å². The first-order chi connectivity index (χ1) is 16.2. The third-order valence-corrected chi connectivity index (χ3v) is 6.92. The summed E-state index contributed by atoms with van der Waals surface area (Å²) >= 11 is 0. The van der Waals surface area contributed by atoms with Gasteiger partial charge in [-0.25, -0.2) is 0 Å². The maximum absolute atomic E-state index is 12.6. The number of para-hydroxylation sites is 1. The van der Waals surface area contributed by atoms with E-state index in [4.69, 9.17) is 4.42 Å². The summed E-state index contributed by atoms with van der Waals surface area (Å²) in [5.74, 6) is 0. The van der Waals surface area contributed by atoms with Crippen LogP contribution in [0, 0.1) is 0 Å². The van der Waals surface area contributed by atoms with Crippen molar-refractivity contribution in [1.29, 1.82) is 0 Å². The van der Waals surface area contributed by atoms with Gasteiger partial charge in [-0.3, -0.25) is 0 Å². The first-order valence-corrected chi connectivity index (χ1v) is 11.2. The number of aliphatic hydroxyl groups is 1. The van der Waals surface area contributed by atoms with Crippen LogP contribution in [-0.2, 0) is 5.60 Å². The molecule has 0 spiro atoms. The average molecular weight is 424 g/mol. The SMILES string of the molecule is OC1(c2ccccc2-c2ccccc2)c2ccccc2-c2cc3oc4ccccc4c3cc21. The molecule has 7 rings (SSSR count). The van der Waals surface area contributed by atoms with Crippen LogP contribution in [0.15, 0.2) is 120 Å². The maximum Gasteiger partial charge on any atom is 0.142 e. The fraction of sp³-hybridized carbons (Fsp3) is 0.0323. The van der Waals surface area contributed by atoms with E-state index in [1.807, 2.05) is 72.8 Å². The molecule has 0 saturated heterocycles. The van der Waals surface area contributed by atoms with Crippen molar-refractivity contribution in [3.05, 3.63) is 132 Å². The molecule has 1 aliphatic carbocycles. The van der Waals surface area contributed by atoms with E-state index < -0.39 is 5.60 Å². The zero-order chi connectivity index (χ0) is 22.0. The van der Waals surface area contributed by atoms with Gasteiger partial charge in [0.2, 0.25) is 0 Å². The maximum atomic E-state index is 12.6. The Bertz CT molecular complexity index is 1680. The van der Waals surface area contributed by atoms with Crippen LogP contribution in [0.25, 0.3) is 44.2 Å². The molecule has 33 heavy (non-hydrogen) atoms. The van der Waals surface area contributed by atoms with E-state index in [-0.39, 0.29) is 0 Å². The Balaban J connectivity index is 1.59. The minimum absolute atomic E-state index is 0.838. The van der Waals surface area contributed by atoms with Crippen molar-refractivity contribution in [2.24, 2.45) is 0 Å². The second kappa shape index (κ2) is 6.68. The molecule has 0 saturated carbocycles. The number of rotatable bonds is 2.